The van der Waals surface area contributed by atoms with E-state index in [4.69, 9.17) is 9.47 Å². The Kier molecular flexibility index (Phi) is 6.02. The Morgan fingerprint density at radius 3 is 2.44 bits per heavy atom. The van der Waals surface area contributed by atoms with Gasteiger partial charge in [-0.2, -0.15) is 13.2 Å². The van der Waals surface area contributed by atoms with Crippen molar-refractivity contribution in [2.24, 2.45) is 0 Å². The first-order valence-corrected chi connectivity index (χ1v) is 10.8. The predicted molar refractivity (Wildman–Crippen MR) is 115 cm³/mol. The molecule has 8 nitrogen and oxygen atoms in total. The molecule has 0 bridgehead atoms. The molecule has 0 saturated carbocycles. The summed E-state index contributed by atoms with van der Waals surface area (Å²) in [5.74, 6) is -1.39. The van der Waals surface area contributed by atoms with Crippen molar-refractivity contribution in [2.75, 3.05) is 6.61 Å². The van der Waals surface area contributed by atoms with Crippen molar-refractivity contribution < 1.29 is 32.2 Å². The summed E-state index contributed by atoms with van der Waals surface area (Å²) in [4.78, 5) is 50.3. The SMILES string of the molecule is CC(=O)OCC(Cn1c(=O)c2cccc3c2n(c1=O)-c1cc(C(F)(F)F)ccc1S3)OC(C)=O. The van der Waals surface area contributed by atoms with Crippen molar-refractivity contribution in [2.45, 2.75) is 42.5 Å². The maximum absolute atomic E-state index is 13.5. The maximum Gasteiger partial charge on any atom is 0.416 e. The number of carbonyl (C=O) groups is 2. The van der Waals surface area contributed by atoms with E-state index >= 15 is 0 Å². The number of ether oxygens (including phenoxy) is 2. The molecule has 1 aliphatic rings. The van der Waals surface area contributed by atoms with E-state index in [0.717, 1.165) is 46.9 Å². The predicted octanol–water partition coefficient (Wildman–Crippen LogP) is 3.13. The molecule has 2 heterocycles. The number of rotatable bonds is 5. The van der Waals surface area contributed by atoms with Crippen LogP contribution in [0.5, 0.6) is 0 Å². The van der Waals surface area contributed by atoms with Crippen LogP contribution < -0.4 is 11.2 Å². The molecule has 0 radical (unpaired) electrons. The molecule has 0 saturated heterocycles. The summed E-state index contributed by atoms with van der Waals surface area (Å²) in [6, 6.07) is 7.77. The zero-order valence-electron chi connectivity index (χ0n) is 17.8. The molecule has 2 aromatic carbocycles. The molecule has 178 valence electrons. The van der Waals surface area contributed by atoms with Crippen LogP contribution in [-0.2, 0) is 31.8 Å². The number of hydrogen-bond donors (Lipinski definition) is 0. The van der Waals surface area contributed by atoms with Gasteiger partial charge in [0.1, 0.15) is 6.61 Å². The van der Waals surface area contributed by atoms with Crippen molar-refractivity contribution in [1.82, 2.24) is 9.13 Å². The lowest BCUT2D eigenvalue weighted by molar-refractivity contribution is -0.157. The van der Waals surface area contributed by atoms with Crippen LogP contribution in [0.2, 0.25) is 0 Å². The standard InChI is InChI=1S/C22H17F3N2O6S/c1-11(28)32-10-14(33-12(2)29)9-26-20(30)15-4-3-5-18-19(15)27(21(26)31)16-8-13(22(23,24)25)6-7-17(16)34-18/h3-8,14H,9-10H2,1-2H3. The van der Waals surface area contributed by atoms with E-state index in [1.54, 1.807) is 12.1 Å². The Hall–Kier alpha value is -3.54. The molecule has 0 aliphatic carbocycles. The molecule has 34 heavy (non-hydrogen) atoms. The van der Waals surface area contributed by atoms with Gasteiger partial charge in [0.15, 0.2) is 6.10 Å². The molecule has 1 unspecified atom stereocenters. The van der Waals surface area contributed by atoms with Gasteiger partial charge >= 0.3 is 23.8 Å². The first-order valence-electron chi connectivity index (χ1n) is 9.96. The van der Waals surface area contributed by atoms with Gasteiger partial charge in [0.05, 0.1) is 28.7 Å². The number of para-hydroxylation sites is 1. The van der Waals surface area contributed by atoms with Gasteiger partial charge in [-0.25, -0.2) is 4.79 Å². The number of alkyl halides is 3. The van der Waals surface area contributed by atoms with Crippen molar-refractivity contribution in [3.8, 4) is 5.69 Å². The highest BCUT2D eigenvalue weighted by atomic mass is 32.2. The third-order valence-corrected chi connectivity index (χ3v) is 6.17. The highest BCUT2D eigenvalue weighted by Crippen LogP contribution is 2.43. The van der Waals surface area contributed by atoms with Crippen LogP contribution in [0, 0.1) is 0 Å². The van der Waals surface area contributed by atoms with Crippen LogP contribution in [0.4, 0.5) is 13.2 Å². The molecule has 12 heteroatoms. The lowest BCUT2D eigenvalue weighted by atomic mass is 10.1. The van der Waals surface area contributed by atoms with Gasteiger partial charge in [0.2, 0.25) is 0 Å². The molecule has 1 atom stereocenters. The minimum atomic E-state index is -4.64. The second-order valence-corrected chi connectivity index (χ2v) is 8.59. The Bertz CT molecular complexity index is 1440. The van der Waals surface area contributed by atoms with Crippen LogP contribution >= 0.6 is 11.8 Å². The Morgan fingerprint density at radius 2 is 1.79 bits per heavy atom. The number of hydrogen-bond acceptors (Lipinski definition) is 7. The number of fused-ring (bicyclic) bond motifs is 2. The molecular weight excluding hydrogens is 477 g/mol. The monoisotopic (exact) mass is 494 g/mol. The first-order chi connectivity index (χ1) is 16.0. The van der Waals surface area contributed by atoms with E-state index < -0.39 is 54.2 Å². The third kappa shape index (κ3) is 4.32. The number of benzene rings is 2. The van der Waals surface area contributed by atoms with E-state index in [1.165, 1.54) is 12.1 Å². The minimum Gasteiger partial charge on any atom is -0.462 e. The van der Waals surface area contributed by atoms with Gasteiger partial charge in [-0.15, -0.1) is 0 Å². The Morgan fingerprint density at radius 1 is 1.06 bits per heavy atom. The Labute approximate surface area is 193 Å². The van der Waals surface area contributed by atoms with Crippen LogP contribution in [0.3, 0.4) is 0 Å². The molecule has 0 N–H and O–H groups in total. The fourth-order valence-electron chi connectivity index (χ4n) is 3.69. The van der Waals surface area contributed by atoms with Crippen LogP contribution in [-0.4, -0.2) is 33.8 Å². The summed E-state index contributed by atoms with van der Waals surface area (Å²) in [6.45, 7) is 1.37. The summed E-state index contributed by atoms with van der Waals surface area (Å²) in [6.07, 6.45) is -5.81. The highest BCUT2D eigenvalue weighted by Gasteiger charge is 2.33. The Balaban J connectivity index is 1.95. The van der Waals surface area contributed by atoms with Gasteiger partial charge in [-0.05, 0) is 30.3 Å². The molecule has 1 aliphatic heterocycles. The quantitative estimate of drug-likeness (QED) is 0.394. The minimum absolute atomic E-state index is 0.0219. The zero-order valence-corrected chi connectivity index (χ0v) is 18.7. The topological polar surface area (TPSA) is 96.6 Å². The van der Waals surface area contributed by atoms with Gasteiger partial charge in [0.25, 0.3) is 5.56 Å². The number of esters is 2. The largest absolute Gasteiger partial charge is 0.462 e. The molecule has 1 aromatic heterocycles. The summed E-state index contributed by atoms with van der Waals surface area (Å²) < 4.78 is 52.0. The average Bonchev–Trinajstić information content (AvgIpc) is 2.75. The van der Waals surface area contributed by atoms with E-state index in [9.17, 15) is 32.3 Å². The summed E-state index contributed by atoms with van der Waals surface area (Å²) >= 11 is 1.15. The first kappa shape index (κ1) is 23.6. The van der Waals surface area contributed by atoms with E-state index in [2.05, 4.69) is 0 Å². The molecule has 0 fully saturated rings. The molecule has 0 amide bonds. The maximum atomic E-state index is 13.5. The number of nitrogens with zero attached hydrogens (tertiary/aromatic N) is 2. The van der Waals surface area contributed by atoms with Gasteiger partial charge in [0, 0.05) is 23.6 Å². The van der Waals surface area contributed by atoms with E-state index in [0.29, 0.717) is 9.79 Å². The lowest BCUT2D eigenvalue weighted by Gasteiger charge is -2.24. The molecule has 0 spiro atoms. The second-order valence-electron chi connectivity index (χ2n) is 7.50. The third-order valence-electron chi connectivity index (χ3n) is 5.06. The van der Waals surface area contributed by atoms with Crippen molar-refractivity contribution >= 4 is 34.6 Å². The molecular formula is C22H17F3N2O6S. The smallest absolute Gasteiger partial charge is 0.416 e. The second kappa shape index (κ2) is 8.67. The van der Waals surface area contributed by atoms with Crippen molar-refractivity contribution in [3.63, 3.8) is 0 Å². The van der Waals surface area contributed by atoms with Gasteiger partial charge < -0.3 is 9.47 Å². The number of carbonyl (C=O) groups excluding carboxylic acids is 2. The fourth-order valence-corrected chi connectivity index (χ4v) is 4.76. The van der Waals surface area contributed by atoms with Crippen LogP contribution in [0.15, 0.2) is 55.8 Å². The molecule has 3 aromatic rings. The van der Waals surface area contributed by atoms with E-state index in [-0.39, 0.29) is 16.6 Å². The summed E-state index contributed by atoms with van der Waals surface area (Å²) in [7, 11) is 0. The van der Waals surface area contributed by atoms with Gasteiger partial charge in [-0.3, -0.25) is 23.5 Å². The fraction of sp³-hybridized carbons (Fsp3) is 0.273. The van der Waals surface area contributed by atoms with Crippen molar-refractivity contribution in [1.29, 1.82) is 0 Å². The number of halogens is 3. The molecule has 4 rings (SSSR count). The van der Waals surface area contributed by atoms with E-state index in [1.807, 2.05) is 0 Å². The highest BCUT2D eigenvalue weighted by molar-refractivity contribution is 7.99. The normalized spacial score (nSPS) is 13.3. The zero-order chi connectivity index (χ0) is 24.8. The number of aromatic nitrogens is 2. The summed E-state index contributed by atoms with van der Waals surface area (Å²) in [5, 5.41) is 0.0988. The van der Waals surface area contributed by atoms with Gasteiger partial charge in [-0.1, -0.05) is 17.8 Å². The van der Waals surface area contributed by atoms with Crippen LogP contribution in [0.25, 0.3) is 16.6 Å². The lowest BCUT2D eigenvalue weighted by Crippen LogP contribution is -2.44. The van der Waals surface area contributed by atoms with Crippen LogP contribution in [0.1, 0.15) is 19.4 Å². The van der Waals surface area contributed by atoms with Crippen molar-refractivity contribution in [3.05, 3.63) is 62.8 Å². The average molecular weight is 494 g/mol. The summed E-state index contributed by atoms with van der Waals surface area (Å²) in [5.41, 5.74) is -2.41.